The van der Waals surface area contributed by atoms with Crippen LogP contribution in [0.5, 0.6) is 0 Å². The molecule has 1 aliphatic heterocycles. The Kier molecular flexibility index (Phi) is 2.59. The molecule has 15 heavy (non-hydrogen) atoms. The van der Waals surface area contributed by atoms with E-state index in [0.717, 1.165) is 12.8 Å². The standard InChI is InChI=1S/C8H15NO4S2/c1-14(10,11)8-4-5-9(6-8)15(12,13)7-2-3-7/h7-8H,2-6H2,1H3/t8-/m1/s1. The summed E-state index contributed by atoms with van der Waals surface area (Å²) in [5, 5.41) is -0.748. The first-order valence-electron chi connectivity index (χ1n) is 4.99. The molecular formula is C8H15NO4S2. The van der Waals surface area contributed by atoms with Crippen LogP contribution >= 0.6 is 0 Å². The maximum atomic E-state index is 11.8. The molecule has 7 heteroatoms. The Morgan fingerprint density at radius 2 is 1.60 bits per heavy atom. The minimum absolute atomic E-state index is 0.150. The fourth-order valence-electron chi connectivity index (χ4n) is 1.86. The van der Waals surface area contributed by atoms with Crippen LogP contribution in [0.25, 0.3) is 0 Å². The van der Waals surface area contributed by atoms with Crippen LogP contribution in [0.4, 0.5) is 0 Å². The molecule has 1 saturated carbocycles. The van der Waals surface area contributed by atoms with Gasteiger partial charge in [-0.15, -0.1) is 0 Å². The Hall–Kier alpha value is -0.140. The fourth-order valence-corrected chi connectivity index (χ4v) is 4.83. The lowest BCUT2D eigenvalue weighted by atomic mass is 10.4. The highest BCUT2D eigenvalue weighted by molar-refractivity contribution is 7.91. The Bertz CT molecular complexity index is 449. The second kappa shape index (κ2) is 3.43. The zero-order chi connectivity index (χ0) is 11.3. The number of rotatable bonds is 3. The van der Waals surface area contributed by atoms with E-state index in [1.165, 1.54) is 10.6 Å². The Labute approximate surface area is 90.4 Å². The van der Waals surface area contributed by atoms with E-state index in [1.54, 1.807) is 0 Å². The number of sulfonamides is 1. The van der Waals surface area contributed by atoms with Gasteiger partial charge in [-0.2, -0.15) is 0 Å². The van der Waals surface area contributed by atoms with Crippen molar-refractivity contribution in [2.75, 3.05) is 19.3 Å². The van der Waals surface area contributed by atoms with Crippen LogP contribution in [0.2, 0.25) is 0 Å². The molecule has 0 aromatic heterocycles. The van der Waals surface area contributed by atoms with Gasteiger partial charge in [0.15, 0.2) is 9.84 Å². The highest BCUT2D eigenvalue weighted by atomic mass is 32.2. The fraction of sp³-hybridized carbons (Fsp3) is 1.00. The molecule has 88 valence electrons. The lowest BCUT2D eigenvalue weighted by molar-refractivity contribution is 0.475. The molecule has 1 heterocycles. The minimum atomic E-state index is -3.19. The highest BCUT2D eigenvalue weighted by Crippen LogP contribution is 2.33. The van der Waals surface area contributed by atoms with E-state index < -0.39 is 25.1 Å². The molecule has 1 atom stereocenters. The van der Waals surface area contributed by atoms with Gasteiger partial charge in [0.2, 0.25) is 10.0 Å². The monoisotopic (exact) mass is 253 g/mol. The van der Waals surface area contributed by atoms with E-state index in [4.69, 9.17) is 0 Å². The summed E-state index contributed by atoms with van der Waals surface area (Å²) in [5.41, 5.74) is 0. The zero-order valence-electron chi connectivity index (χ0n) is 8.59. The van der Waals surface area contributed by atoms with Crippen molar-refractivity contribution in [2.45, 2.75) is 29.8 Å². The van der Waals surface area contributed by atoms with E-state index in [2.05, 4.69) is 0 Å². The molecule has 2 aliphatic rings. The van der Waals surface area contributed by atoms with Crippen molar-refractivity contribution in [3.63, 3.8) is 0 Å². The molecule has 1 saturated heterocycles. The maximum absolute atomic E-state index is 11.8. The van der Waals surface area contributed by atoms with Crippen LogP contribution in [0, 0.1) is 0 Å². The van der Waals surface area contributed by atoms with Crippen molar-refractivity contribution in [2.24, 2.45) is 0 Å². The summed E-state index contributed by atoms with van der Waals surface area (Å²) in [6.45, 7) is 0.508. The van der Waals surface area contributed by atoms with E-state index in [1.807, 2.05) is 0 Å². The van der Waals surface area contributed by atoms with Crippen molar-refractivity contribution in [3.8, 4) is 0 Å². The van der Waals surface area contributed by atoms with Crippen LogP contribution in [0.15, 0.2) is 0 Å². The lowest BCUT2D eigenvalue weighted by Gasteiger charge is -2.15. The van der Waals surface area contributed by atoms with Crippen molar-refractivity contribution in [1.29, 1.82) is 0 Å². The molecule has 0 N–H and O–H groups in total. The van der Waals surface area contributed by atoms with E-state index in [0.29, 0.717) is 13.0 Å². The van der Waals surface area contributed by atoms with Crippen molar-refractivity contribution < 1.29 is 16.8 Å². The molecule has 0 bridgehead atoms. The molecule has 0 radical (unpaired) electrons. The summed E-state index contributed by atoms with van der Waals surface area (Å²) in [7, 11) is -6.30. The molecule has 0 unspecified atom stereocenters. The first kappa shape index (κ1) is 11.3. The third-order valence-corrected chi connectivity index (χ3v) is 6.98. The van der Waals surface area contributed by atoms with Crippen LogP contribution in [0.3, 0.4) is 0 Å². The topological polar surface area (TPSA) is 71.5 Å². The molecule has 0 amide bonds. The molecule has 2 fully saturated rings. The van der Waals surface area contributed by atoms with Gasteiger partial charge in [-0.25, -0.2) is 21.1 Å². The normalized spacial score (nSPS) is 29.5. The van der Waals surface area contributed by atoms with Crippen LogP contribution in [0.1, 0.15) is 19.3 Å². The van der Waals surface area contributed by atoms with Crippen LogP contribution in [-0.2, 0) is 19.9 Å². The molecule has 0 spiro atoms. The molecule has 0 aromatic rings. The second-order valence-electron chi connectivity index (χ2n) is 4.34. The van der Waals surface area contributed by atoms with Crippen molar-refractivity contribution in [1.82, 2.24) is 4.31 Å². The molecule has 5 nitrogen and oxygen atoms in total. The Balaban J connectivity index is 2.11. The van der Waals surface area contributed by atoms with Gasteiger partial charge >= 0.3 is 0 Å². The van der Waals surface area contributed by atoms with E-state index in [-0.39, 0.29) is 11.8 Å². The zero-order valence-corrected chi connectivity index (χ0v) is 10.2. The van der Waals surface area contributed by atoms with Gasteiger partial charge in [-0.1, -0.05) is 0 Å². The summed E-state index contributed by atoms with van der Waals surface area (Å²) in [5.74, 6) is 0. The third-order valence-electron chi connectivity index (χ3n) is 3.02. The summed E-state index contributed by atoms with van der Waals surface area (Å²) >= 11 is 0. The van der Waals surface area contributed by atoms with Crippen molar-refractivity contribution >= 4 is 19.9 Å². The minimum Gasteiger partial charge on any atom is -0.229 e. The SMILES string of the molecule is CS(=O)(=O)[C@@H]1CCN(S(=O)(=O)C2CC2)C1. The Morgan fingerprint density at radius 3 is 2.00 bits per heavy atom. The highest BCUT2D eigenvalue weighted by Gasteiger charge is 2.44. The van der Waals surface area contributed by atoms with Crippen molar-refractivity contribution in [3.05, 3.63) is 0 Å². The van der Waals surface area contributed by atoms with Gasteiger partial charge in [0.1, 0.15) is 0 Å². The van der Waals surface area contributed by atoms with Gasteiger partial charge < -0.3 is 0 Å². The second-order valence-corrected chi connectivity index (χ2v) is 8.88. The molecule has 2 rings (SSSR count). The predicted octanol–water partition coefficient (Wildman–Crippen LogP) is -0.402. The number of nitrogens with zero attached hydrogens (tertiary/aromatic N) is 1. The van der Waals surface area contributed by atoms with E-state index in [9.17, 15) is 16.8 Å². The average Bonchev–Trinajstić information content (AvgIpc) is 2.80. The summed E-state index contributed by atoms with van der Waals surface area (Å²) in [6.07, 6.45) is 3.06. The molecule has 1 aliphatic carbocycles. The van der Waals surface area contributed by atoms with Gasteiger partial charge in [0.25, 0.3) is 0 Å². The number of hydrogen-bond donors (Lipinski definition) is 0. The lowest BCUT2D eigenvalue weighted by Crippen LogP contribution is -2.33. The van der Waals surface area contributed by atoms with Gasteiger partial charge in [0.05, 0.1) is 10.5 Å². The largest absolute Gasteiger partial charge is 0.229 e. The third kappa shape index (κ3) is 2.19. The Morgan fingerprint density at radius 1 is 1.00 bits per heavy atom. The van der Waals surface area contributed by atoms with Crippen LogP contribution in [-0.4, -0.2) is 51.0 Å². The first-order chi connectivity index (χ1) is 6.82. The quantitative estimate of drug-likeness (QED) is 0.686. The summed E-state index contributed by atoms with van der Waals surface area (Å²) in [4.78, 5) is 0. The number of sulfone groups is 1. The van der Waals surface area contributed by atoms with Gasteiger partial charge in [0, 0.05) is 19.3 Å². The first-order valence-corrected chi connectivity index (χ1v) is 8.45. The predicted molar refractivity (Wildman–Crippen MR) is 56.8 cm³/mol. The summed E-state index contributed by atoms with van der Waals surface area (Å²) in [6, 6.07) is 0. The van der Waals surface area contributed by atoms with Crippen LogP contribution < -0.4 is 0 Å². The van der Waals surface area contributed by atoms with Gasteiger partial charge in [-0.05, 0) is 19.3 Å². The smallest absolute Gasteiger partial charge is 0.217 e. The number of hydrogen-bond acceptors (Lipinski definition) is 4. The molecule has 0 aromatic carbocycles. The van der Waals surface area contributed by atoms with E-state index >= 15 is 0 Å². The maximum Gasteiger partial charge on any atom is 0.217 e. The van der Waals surface area contributed by atoms with Gasteiger partial charge in [-0.3, -0.25) is 0 Å². The molecular weight excluding hydrogens is 238 g/mol. The average molecular weight is 253 g/mol. The summed E-state index contributed by atoms with van der Waals surface area (Å²) < 4.78 is 47.5.